The summed E-state index contributed by atoms with van der Waals surface area (Å²) in [5.74, 6) is 0.819. The highest BCUT2D eigenvalue weighted by Gasteiger charge is 2.19. The zero-order valence-corrected chi connectivity index (χ0v) is 43.2. The molecule has 6 nitrogen and oxygen atoms in total. The van der Waals surface area contributed by atoms with E-state index in [4.69, 9.17) is 14.2 Å². The van der Waals surface area contributed by atoms with E-state index in [1.165, 1.54) is 205 Å². The van der Waals surface area contributed by atoms with Gasteiger partial charge < -0.3 is 14.2 Å². The topological polar surface area (TPSA) is 78.9 Å². The Morgan fingerprint density at radius 3 is 0.778 bits per heavy atom. The second-order valence-corrected chi connectivity index (χ2v) is 20.5. The molecular weight excluding hydrogens is 781 g/mol. The van der Waals surface area contributed by atoms with Crippen LogP contribution in [-0.4, -0.2) is 37.2 Å². The van der Waals surface area contributed by atoms with Gasteiger partial charge in [0.25, 0.3) is 0 Å². The van der Waals surface area contributed by atoms with Crippen LogP contribution in [0.2, 0.25) is 0 Å². The van der Waals surface area contributed by atoms with Gasteiger partial charge in [-0.25, -0.2) is 0 Å². The van der Waals surface area contributed by atoms with E-state index in [0.717, 1.165) is 69.6 Å². The van der Waals surface area contributed by atoms with E-state index in [1.54, 1.807) is 0 Å². The first-order valence-corrected chi connectivity index (χ1v) is 28.2. The lowest BCUT2D eigenvalue weighted by atomic mass is 10.0. The van der Waals surface area contributed by atoms with Gasteiger partial charge in [0.2, 0.25) is 0 Å². The van der Waals surface area contributed by atoms with Gasteiger partial charge in [0.1, 0.15) is 13.2 Å². The minimum atomic E-state index is -0.762. The Balaban J connectivity index is 4.26. The van der Waals surface area contributed by atoms with Crippen molar-refractivity contribution in [3.8, 4) is 0 Å². The van der Waals surface area contributed by atoms with Crippen LogP contribution in [0, 0.1) is 11.8 Å². The summed E-state index contributed by atoms with van der Waals surface area (Å²) in [6.07, 6.45) is 52.4. The van der Waals surface area contributed by atoms with Crippen molar-refractivity contribution in [2.24, 2.45) is 11.8 Å². The van der Waals surface area contributed by atoms with Crippen LogP contribution in [0.4, 0.5) is 0 Å². The molecular formula is C57H110O6. The Hall–Kier alpha value is -1.59. The number of ether oxygens (including phenoxy) is 3. The zero-order valence-electron chi connectivity index (χ0n) is 43.2. The molecule has 0 aromatic carbocycles. The largest absolute Gasteiger partial charge is 0.462 e. The Bertz CT molecular complexity index is 962. The van der Waals surface area contributed by atoms with Gasteiger partial charge in [-0.2, -0.15) is 0 Å². The number of hydrogen-bond acceptors (Lipinski definition) is 6. The van der Waals surface area contributed by atoms with Crippen molar-refractivity contribution >= 4 is 17.9 Å². The van der Waals surface area contributed by atoms with Crippen LogP contribution < -0.4 is 0 Å². The molecule has 6 heteroatoms. The van der Waals surface area contributed by atoms with Crippen molar-refractivity contribution in [2.45, 2.75) is 323 Å². The fourth-order valence-corrected chi connectivity index (χ4v) is 8.70. The summed E-state index contributed by atoms with van der Waals surface area (Å²) in [4.78, 5) is 38.1. The number of unbranched alkanes of at least 4 members (excludes halogenated alkanes) is 36. The van der Waals surface area contributed by atoms with Crippen LogP contribution in [0.25, 0.3) is 0 Å². The summed E-state index contributed by atoms with van der Waals surface area (Å²) in [7, 11) is 0. The predicted octanol–water partition coefficient (Wildman–Crippen LogP) is 18.5. The number of rotatable bonds is 51. The molecule has 0 fully saturated rings. The average molecular weight is 892 g/mol. The Kier molecular flexibility index (Phi) is 48.6. The smallest absolute Gasteiger partial charge is 0.306 e. The second kappa shape index (κ2) is 49.8. The molecule has 0 rings (SSSR count). The van der Waals surface area contributed by atoms with E-state index in [-0.39, 0.29) is 31.1 Å². The summed E-state index contributed by atoms with van der Waals surface area (Å²) in [5.41, 5.74) is 0. The lowest BCUT2D eigenvalue weighted by Gasteiger charge is -2.18. The summed E-state index contributed by atoms with van der Waals surface area (Å²) in [5, 5.41) is 0. The number of carbonyl (C=O) groups excluding carboxylic acids is 3. The van der Waals surface area contributed by atoms with E-state index in [1.807, 2.05) is 0 Å². The molecule has 63 heavy (non-hydrogen) atoms. The van der Waals surface area contributed by atoms with Crippen LogP contribution in [0.5, 0.6) is 0 Å². The third-order valence-corrected chi connectivity index (χ3v) is 13.0. The van der Waals surface area contributed by atoms with Gasteiger partial charge in [-0.3, -0.25) is 14.4 Å². The molecule has 0 aliphatic heterocycles. The summed E-state index contributed by atoms with van der Waals surface area (Å²) in [6.45, 7) is 11.4. The first-order chi connectivity index (χ1) is 30.7. The van der Waals surface area contributed by atoms with E-state index >= 15 is 0 Å². The second-order valence-electron chi connectivity index (χ2n) is 20.5. The van der Waals surface area contributed by atoms with E-state index < -0.39 is 6.10 Å². The molecule has 374 valence electrons. The van der Waals surface area contributed by atoms with Gasteiger partial charge in [-0.1, -0.05) is 279 Å². The third kappa shape index (κ3) is 51.3. The molecule has 0 radical (unpaired) electrons. The minimum Gasteiger partial charge on any atom is -0.462 e. The van der Waals surface area contributed by atoms with Gasteiger partial charge in [0, 0.05) is 19.3 Å². The fourth-order valence-electron chi connectivity index (χ4n) is 8.70. The average Bonchev–Trinajstić information content (AvgIpc) is 3.25. The van der Waals surface area contributed by atoms with Gasteiger partial charge >= 0.3 is 17.9 Å². The van der Waals surface area contributed by atoms with Crippen molar-refractivity contribution in [1.29, 1.82) is 0 Å². The molecule has 0 heterocycles. The third-order valence-electron chi connectivity index (χ3n) is 13.0. The highest BCUT2D eigenvalue weighted by molar-refractivity contribution is 5.71. The molecule has 1 atom stereocenters. The summed E-state index contributed by atoms with van der Waals surface area (Å²) >= 11 is 0. The van der Waals surface area contributed by atoms with Crippen molar-refractivity contribution in [2.75, 3.05) is 13.2 Å². The maximum Gasteiger partial charge on any atom is 0.306 e. The predicted molar refractivity (Wildman–Crippen MR) is 270 cm³/mol. The SMILES string of the molecule is CCCCCCCCCCCCCCCCC(=O)O[C@@H](COC(=O)CCCCCCCCCCCCCCCCCCC(C)C)COC(=O)CCCCCCCCCCCC(C)C. The molecule has 0 N–H and O–H groups in total. The molecule has 0 unspecified atom stereocenters. The number of hydrogen-bond donors (Lipinski definition) is 0. The highest BCUT2D eigenvalue weighted by Crippen LogP contribution is 2.18. The Morgan fingerprint density at radius 1 is 0.302 bits per heavy atom. The van der Waals surface area contributed by atoms with Crippen molar-refractivity contribution in [3.05, 3.63) is 0 Å². The molecule has 0 saturated carbocycles. The maximum atomic E-state index is 12.8. The molecule has 0 spiro atoms. The van der Waals surface area contributed by atoms with Crippen LogP contribution in [-0.2, 0) is 28.6 Å². The fraction of sp³-hybridized carbons (Fsp3) is 0.947. The Labute approximate surface area is 393 Å². The molecule has 0 bridgehead atoms. The van der Waals surface area contributed by atoms with Crippen molar-refractivity contribution in [3.63, 3.8) is 0 Å². The summed E-state index contributed by atoms with van der Waals surface area (Å²) < 4.78 is 16.9. The van der Waals surface area contributed by atoms with Crippen LogP contribution >= 0.6 is 0 Å². The summed E-state index contributed by atoms with van der Waals surface area (Å²) in [6, 6.07) is 0. The molecule has 0 aliphatic rings. The monoisotopic (exact) mass is 891 g/mol. The van der Waals surface area contributed by atoms with Gasteiger partial charge in [-0.15, -0.1) is 0 Å². The first-order valence-electron chi connectivity index (χ1n) is 28.2. The molecule has 0 saturated heterocycles. The van der Waals surface area contributed by atoms with Gasteiger partial charge in [0.15, 0.2) is 6.10 Å². The van der Waals surface area contributed by atoms with Crippen molar-refractivity contribution < 1.29 is 28.6 Å². The standard InChI is InChI=1S/C57H110O6/c1-6-7-8-9-10-11-12-13-19-23-28-34-39-44-49-57(60)63-54(51-62-56(59)48-43-38-33-29-24-26-31-36-41-46-53(4)5)50-61-55(58)47-42-37-32-27-22-20-17-15-14-16-18-21-25-30-35-40-45-52(2)3/h52-54H,6-51H2,1-5H3/t54-/m0/s1. The van der Waals surface area contributed by atoms with E-state index in [2.05, 4.69) is 34.6 Å². The van der Waals surface area contributed by atoms with Crippen LogP contribution in [0.15, 0.2) is 0 Å². The normalized spacial score (nSPS) is 12.0. The van der Waals surface area contributed by atoms with Crippen LogP contribution in [0.3, 0.4) is 0 Å². The van der Waals surface area contributed by atoms with Crippen LogP contribution in [0.1, 0.15) is 317 Å². The maximum absolute atomic E-state index is 12.8. The number of esters is 3. The quantitative estimate of drug-likeness (QED) is 0.0344. The molecule has 0 aromatic rings. The molecule has 0 amide bonds. The first kappa shape index (κ1) is 61.4. The zero-order chi connectivity index (χ0) is 46.1. The van der Waals surface area contributed by atoms with E-state index in [0.29, 0.717) is 19.3 Å². The Morgan fingerprint density at radius 2 is 0.524 bits per heavy atom. The lowest BCUT2D eigenvalue weighted by molar-refractivity contribution is -0.167. The highest BCUT2D eigenvalue weighted by atomic mass is 16.6. The number of carbonyl (C=O) groups is 3. The van der Waals surface area contributed by atoms with E-state index in [9.17, 15) is 14.4 Å². The lowest BCUT2D eigenvalue weighted by Crippen LogP contribution is -2.30. The molecule has 0 aromatic heterocycles. The van der Waals surface area contributed by atoms with Gasteiger partial charge in [0.05, 0.1) is 0 Å². The minimum absolute atomic E-state index is 0.0630. The van der Waals surface area contributed by atoms with Crippen molar-refractivity contribution in [1.82, 2.24) is 0 Å². The molecule has 0 aliphatic carbocycles. The van der Waals surface area contributed by atoms with Gasteiger partial charge in [-0.05, 0) is 31.1 Å².